The summed E-state index contributed by atoms with van der Waals surface area (Å²) in [5, 5.41) is 3.66. The lowest BCUT2D eigenvalue weighted by molar-refractivity contribution is 0.172. The number of nitrogens with zero attached hydrogens (tertiary/aromatic N) is 2. The minimum atomic E-state index is -0.388. The van der Waals surface area contributed by atoms with Gasteiger partial charge in [0.25, 0.3) is 0 Å². The molecule has 176 valence electrons. The number of benzene rings is 3. The number of amides is 1. The molecular weight excluding hydrogens is 432 g/mol. The van der Waals surface area contributed by atoms with Crippen LogP contribution in [-0.2, 0) is 6.42 Å². The van der Waals surface area contributed by atoms with E-state index in [0.29, 0.717) is 5.75 Å². The second kappa shape index (κ2) is 9.75. The van der Waals surface area contributed by atoms with E-state index < -0.39 is 0 Å². The maximum absolute atomic E-state index is 11.6. The molecular formula is C31H30N2O2. The van der Waals surface area contributed by atoms with Crippen LogP contribution in [0.5, 0.6) is 5.75 Å². The Morgan fingerprint density at radius 1 is 0.914 bits per heavy atom. The lowest BCUT2D eigenvalue weighted by atomic mass is 9.80. The predicted octanol–water partition coefficient (Wildman–Crippen LogP) is 7.49. The normalized spacial score (nSPS) is 14.1. The first-order chi connectivity index (χ1) is 17.0. The molecule has 3 aromatic carbocycles. The predicted molar refractivity (Wildman–Crippen MR) is 144 cm³/mol. The molecule has 2 aliphatic rings. The van der Waals surface area contributed by atoms with Crippen molar-refractivity contribution in [2.45, 2.75) is 32.6 Å². The fourth-order valence-corrected chi connectivity index (χ4v) is 4.92. The molecule has 2 aliphatic carbocycles. The van der Waals surface area contributed by atoms with E-state index >= 15 is 0 Å². The number of pyridine rings is 1. The van der Waals surface area contributed by atoms with Gasteiger partial charge in [-0.15, -0.1) is 0 Å². The van der Waals surface area contributed by atoms with Gasteiger partial charge in [-0.1, -0.05) is 66.3 Å². The summed E-state index contributed by atoms with van der Waals surface area (Å²) in [6, 6.07) is 22.7. The highest BCUT2D eigenvalue weighted by Gasteiger charge is 2.20. The zero-order chi connectivity index (χ0) is 24.4. The Bertz CT molecular complexity index is 1480. The number of carbonyl (C=O) groups excluding carboxylic acids is 1. The summed E-state index contributed by atoms with van der Waals surface area (Å²) >= 11 is 0. The molecule has 0 saturated carbocycles. The van der Waals surface area contributed by atoms with Gasteiger partial charge >= 0.3 is 6.09 Å². The lowest BCUT2D eigenvalue weighted by Crippen LogP contribution is -2.25. The van der Waals surface area contributed by atoms with Gasteiger partial charge in [0.15, 0.2) is 0 Å². The van der Waals surface area contributed by atoms with E-state index in [4.69, 9.17) is 4.74 Å². The standard InChI is InChI=1S/C18H16.C13H14N2O2/c1-3-7-15-13(5-1)9-11-18-16-8-4-2-6-14(16)10-12-17(15)18;1-9-8-12(17-13(16)15(2)3)10-6-4-5-7-11(10)14-9/h1,3-5,7-9,11H,2,6,10,12H2;4-8H,1-3H3. The van der Waals surface area contributed by atoms with E-state index in [0.717, 1.165) is 16.6 Å². The Morgan fingerprint density at radius 3 is 2.51 bits per heavy atom. The van der Waals surface area contributed by atoms with Crippen LogP contribution in [-0.4, -0.2) is 30.1 Å². The van der Waals surface area contributed by atoms with Crippen molar-refractivity contribution in [3.63, 3.8) is 0 Å². The lowest BCUT2D eigenvalue weighted by Gasteiger charge is -2.25. The summed E-state index contributed by atoms with van der Waals surface area (Å²) in [5.74, 6) is 0.548. The third-order valence-corrected chi connectivity index (χ3v) is 6.65. The van der Waals surface area contributed by atoms with Gasteiger partial charge in [-0.05, 0) is 72.2 Å². The SMILES string of the molecule is C1=CC2=C(CC1)CCc1c2ccc2ccccc12.Cc1cc(OC(=O)N(C)C)c2ccccc2n1. The Labute approximate surface area is 206 Å². The molecule has 0 saturated heterocycles. The largest absolute Gasteiger partial charge is 0.414 e. The smallest absolute Gasteiger partial charge is 0.409 e. The van der Waals surface area contributed by atoms with Crippen LogP contribution < -0.4 is 4.74 Å². The molecule has 4 heteroatoms. The van der Waals surface area contributed by atoms with Crippen LogP contribution in [0.2, 0.25) is 0 Å². The van der Waals surface area contributed by atoms with E-state index in [1.807, 2.05) is 31.2 Å². The van der Waals surface area contributed by atoms with Gasteiger partial charge in [0.2, 0.25) is 0 Å². The second-order valence-corrected chi connectivity index (χ2v) is 9.31. The van der Waals surface area contributed by atoms with Crippen LogP contribution in [0.25, 0.3) is 27.2 Å². The topological polar surface area (TPSA) is 42.4 Å². The number of rotatable bonds is 1. The minimum Gasteiger partial charge on any atom is -0.409 e. The number of carbonyl (C=O) groups is 1. The molecule has 0 bridgehead atoms. The van der Waals surface area contributed by atoms with Crippen LogP contribution in [0.1, 0.15) is 36.1 Å². The Morgan fingerprint density at radius 2 is 1.69 bits per heavy atom. The van der Waals surface area contributed by atoms with Gasteiger partial charge in [0.1, 0.15) is 5.75 Å². The monoisotopic (exact) mass is 462 g/mol. The molecule has 0 unspecified atom stereocenters. The molecule has 0 spiro atoms. The third-order valence-electron chi connectivity index (χ3n) is 6.65. The quantitative estimate of drug-likeness (QED) is 0.294. The van der Waals surface area contributed by atoms with E-state index in [-0.39, 0.29) is 6.09 Å². The number of allylic oxidation sites excluding steroid dienone is 4. The average Bonchev–Trinajstić information content (AvgIpc) is 2.88. The van der Waals surface area contributed by atoms with E-state index in [2.05, 4.69) is 53.5 Å². The van der Waals surface area contributed by atoms with Crippen LogP contribution >= 0.6 is 0 Å². The fraction of sp³-hybridized carbons (Fsp3) is 0.226. The number of para-hydroxylation sites is 1. The van der Waals surface area contributed by atoms with Crippen LogP contribution in [0.3, 0.4) is 0 Å². The Kier molecular flexibility index (Phi) is 6.37. The summed E-state index contributed by atoms with van der Waals surface area (Å²) in [4.78, 5) is 17.3. The highest BCUT2D eigenvalue weighted by molar-refractivity contribution is 5.94. The van der Waals surface area contributed by atoms with Crippen molar-refractivity contribution < 1.29 is 9.53 Å². The molecule has 0 atom stereocenters. The molecule has 35 heavy (non-hydrogen) atoms. The summed E-state index contributed by atoms with van der Waals surface area (Å²) < 4.78 is 5.32. The average molecular weight is 463 g/mol. The molecule has 4 nitrogen and oxygen atoms in total. The Balaban J connectivity index is 0.000000145. The first-order valence-corrected chi connectivity index (χ1v) is 12.2. The minimum absolute atomic E-state index is 0.388. The first-order valence-electron chi connectivity index (χ1n) is 12.2. The maximum Gasteiger partial charge on any atom is 0.414 e. The van der Waals surface area contributed by atoms with Crippen molar-refractivity contribution in [3.05, 3.63) is 101 Å². The van der Waals surface area contributed by atoms with Crippen molar-refractivity contribution in [1.29, 1.82) is 0 Å². The highest BCUT2D eigenvalue weighted by atomic mass is 16.6. The summed E-state index contributed by atoms with van der Waals surface area (Å²) in [5.41, 5.74) is 7.86. The van der Waals surface area contributed by atoms with E-state index in [1.54, 1.807) is 31.3 Å². The van der Waals surface area contributed by atoms with Gasteiger partial charge < -0.3 is 9.64 Å². The summed E-state index contributed by atoms with van der Waals surface area (Å²) in [7, 11) is 3.30. The van der Waals surface area contributed by atoms with Crippen LogP contribution in [0, 0.1) is 6.92 Å². The van der Waals surface area contributed by atoms with E-state index in [1.165, 1.54) is 52.5 Å². The van der Waals surface area contributed by atoms with Crippen molar-refractivity contribution >= 4 is 33.3 Å². The molecule has 0 fully saturated rings. The van der Waals surface area contributed by atoms with Gasteiger partial charge in [0.05, 0.1) is 5.52 Å². The molecule has 6 rings (SSSR count). The molecule has 0 N–H and O–H groups in total. The first kappa shape index (κ1) is 22.9. The Hall–Kier alpha value is -3.92. The molecule has 1 heterocycles. The van der Waals surface area contributed by atoms with Crippen LogP contribution in [0.15, 0.2) is 84.5 Å². The highest BCUT2D eigenvalue weighted by Crippen LogP contribution is 2.39. The van der Waals surface area contributed by atoms with Gasteiger partial charge in [0, 0.05) is 31.2 Å². The zero-order valence-electron chi connectivity index (χ0n) is 20.5. The molecule has 1 aromatic heterocycles. The molecule has 0 radical (unpaired) electrons. The zero-order valence-corrected chi connectivity index (χ0v) is 20.5. The maximum atomic E-state index is 11.6. The number of ether oxygens (including phenoxy) is 1. The summed E-state index contributed by atoms with van der Waals surface area (Å²) in [6.07, 6.45) is 9.22. The molecule has 4 aromatic rings. The fourth-order valence-electron chi connectivity index (χ4n) is 4.92. The molecule has 1 amide bonds. The van der Waals surface area contributed by atoms with Gasteiger partial charge in [-0.3, -0.25) is 4.98 Å². The van der Waals surface area contributed by atoms with Crippen molar-refractivity contribution in [2.75, 3.05) is 14.1 Å². The van der Waals surface area contributed by atoms with Crippen molar-refractivity contribution in [3.8, 4) is 5.75 Å². The number of aromatic nitrogens is 1. The van der Waals surface area contributed by atoms with Gasteiger partial charge in [-0.2, -0.15) is 0 Å². The number of aryl methyl sites for hydroxylation is 2. The number of fused-ring (bicyclic) bond motifs is 5. The third kappa shape index (κ3) is 4.69. The number of hydrogen-bond acceptors (Lipinski definition) is 3. The second-order valence-electron chi connectivity index (χ2n) is 9.31. The van der Waals surface area contributed by atoms with E-state index in [9.17, 15) is 4.79 Å². The van der Waals surface area contributed by atoms with Crippen molar-refractivity contribution in [1.82, 2.24) is 9.88 Å². The summed E-state index contributed by atoms with van der Waals surface area (Å²) in [6.45, 7) is 1.87. The van der Waals surface area contributed by atoms with Crippen LogP contribution in [0.4, 0.5) is 4.79 Å². The number of hydrogen-bond donors (Lipinski definition) is 0. The van der Waals surface area contributed by atoms with Crippen molar-refractivity contribution in [2.24, 2.45) is 0 Å². The molecule has 0 aliphatic heterocycles. The van der Waals surface area contributed by atoms with Gasteiger partial charge in [-0.25, -0.2) is 4.79 Å².